The van der Waals surface area contributed by atoms with Gasteiger partial charge in [0.15, 0.2) is 5.43 Å². The highest BCUT2D eigenvalue weighted by atomic mass is 16.5. The van der Waals surface area contributed by atoms with Gasteiger partial charge in [-0.25, -0.2) is 0 Å². The van der Waals surface area contributed by atoms with Crippen molar-refractivity contribution in [3.63, 3.8) is 0 Å². The van der Waals surface area contributed by atoms with Crippen LogP contribution in [0.5, 0.6) is 5.75 Å². The molecule has 1 saturated heterocycles. The van der Waals surface area contributed by atoms with E-state index in [1.165, 1.54) is 24.2 Å². The third kappa shape index (κ3) is 4.06. The largest absolute Gasteiger partial charge is 0.494 e. The maximum Gasteiger partial charge on any atom is 0.198 e. The summed E-state index contributed by atoms with van der Waals surface area (Å²) in [5, 5.41) is 0.749. The molecule has 1 fully saturated rings. The van der Waals surface area contributed by atoms with Crippen molar-refractivity contribution in [3.05, 3.63) is 39.7 Å². The van der Waals surface area contributed by atoms with Crippen molar-refractivity contribution >= 4 is 10.9 Å². The normalized spacial score (nSPS) is 20.8. The Bertz CT molecular complexity index is 781. The van der Waals surface area contributed by atoms with E-state index in [9.17, 15) is 4.79 Å². The number of aromatic nitrogens is 1. The summed E-state index contributed by atoms with van der Waals surface area (Å²) in [5.41, 5.74) is 3.00. The minimum atomic E-state index is 0.164. The predicted octanol–water partition coefficient (Wildman–Crippen LogP) is 2.97. The van der Waals surface area contributed by atoms with Gasteiger partial charge in [-0.1, -0.05) is 13.3 Å². The van der Waals surface area contributed by atoms with Crippen LogP contribution in [-0.2, 0) is 6.54 Å². The summed E-state index contributed by atoms with van der Waals surface area (Å²) >= 11 is 0. The summed E-state index contributed by atoms with van der Waals surface area (Å²) in [6, 6.07) is 6.45. The lowest BCUT2D eigenvalue weighted by Crippen LogP contribution is -3.15. The number of unbranched alkanes of at least 4 members (excludes halogenated alkanes) is 1. The van der Waals surface area contributed by atoms with Gasteiger partial charge in [0.25, 0.3) is 0 Å². The number of likely N-dealkylation sites (tertiary alicyclic amines) is 1. The molecule has 1 aliphatic rings. The number of ether oxygens (including phenoxy) is 1. The molecule has 25 heavy (non-hydrogen) atoms. The standard InChI is InChI=1S/C21H30N2O2/c1-4-5-12-25-17-9-10-20-18(13-17)21(24)19(16(3)22-20)14-23-11-7-6-8-15(23)2/h9-10,13,15H,4-8,11-12,14H2,1-3H3,(H,22,24)/p+1. The average molecular weight is 343 g/mol. The van der Waals surface area contributed by atoms with E-state index >= 15 is 0 Å². The molecule has 4 nitrogen and oxygen atoms in total. The molecule has 1 aliphatic heterocycles. The van der Waals surface area contributed by atoms with E-state index in [0.29, 0.717) is 12.6 Å². The number of piperidine rings is 1. The molecule has 2 N–H and O–H groups in total. The molecule has 0 aliphatic carbocycles. The number of hydrogen-bond acceptors (Lipinski definition) is 2. The summed E-state index contributed by atoms with van der Waals surface area (Å²) in [7, 11) is 0. The van der Waals surface area contributed by atoms with Gasteiger partial charge in [-0.15, -0.1) is 0 Å². The summed E-state index contributed by atoms with van der Waals surface area (Å²) < 4.78 is 5.79. The fourth-order valence-corrected chi connectivity index (χ4v) is 3.81. The van der Waals surface area contributed by atoms with Crippen LogP contribution in [0.25, 0.3) is 10.9 Å². The number of H-pyrrole nitrogens is 1. The first kappa shape index (κ1) is 18.0. The molecule has 4 heteroatoms. The van der Waals surface area contributed by atoms with Crippen LogP contribution >= 0.6 is 0 Å². The molecule has 3 rings (SSSR count). The highest BCUT2D eigenvalue weighted by molar-refractivity contribution is 5.81. The van der Waals surface area contributed by atoms with Gasteiger partial charge in [0.05, 0.1) is 24.8 Å². The van der Waals surface area contributed by atoms with Gasteiger partial charge in [-0.2, -0.15) is 0 Å². The zero-order valence-electron chi connectivity index (χ0n) is 15.8. The molecule has 1 aromatic heterocycles. The van der Waals surface area contributed by atoms with Crippen molar-refractivity contribution in [2.45, 2.75) is 65.5 Å². The first-order valence-electron chi connectivity index (χ1n) is 9.73. The second kappa shape index (κ2) is 8.05. The Morgan fingerprint density at radius 3 is 2.92 bits per heavy atom. The fraction of sp³-hybridized carbons (Fsp3) is 0.571. The Kier molecular flexibility index (Phi) is 5.79. The molecule has 2 aromatic rings. The number of hydrogen-bond donors (Lipinski definition) is 2. The number of rotatable bonds is 6. The van der Waals surface area contributed by atoms with Crippen LogP contribution in [0, 0.1) is 6.92 Å². The molecule has 2 heterocycles. The average Bonchev–Trinajstić information content (AvgIpc) is 2.61. The van der Waals surface area contributed by atoms with Crippen LogP contribution in [-0.4, -0.2) is 24.2 Å². The van der Waals surface area contributed by atoms with Gasteiger partial charge in [-0.3, -0.25) is 4.79 Å². The number of aryl methyl sites for hydroxylation is 1. The molecule has 1 aromatic carbocycles. The lowest BCUT2D eigenvalue weighted by Gasteiger charge is -2.30. The zero-order chi connectivity index (χ0) is 17.8. The molecule has 136 valence electrons. The van der Waals surface area contributed by atoms with E-state index in [2.05, 4.69) is 18.8 Å². The minimum Gasteiger partial charge on any atom is -0.494 e. The first-order chi connectivity index (χ1) is 12.1. The summed E-state index contributed by atoms with van der Waals surface area (Å²) in [4.78, 5) is 18.1. The van der Waals surface area contributed by atoms with Crippen LogP contribution in [0.1, 0.15) is 57.2 Å². The van der Waals surface area contributed by atoms with E-state index in [-0.39, 0.29) is 5.43 Å². The first-order valence-corrected chi connectivity index (χ1v) is 9.73. The van der Waals surface area contributed by atoms with Crippen molar-refractivity contribution in [3.8, 4) is 5.75 Å². The Labute approximate surface area is 150 Å². The number of nitrogens with one attached hydrogen (secondary N) is 2. The Hall–Kier alpha value is -1.81. The predicted molar refractivity (Wildman–Crippen MR) is 103 cm³/mol. The van der Waals surface area contributed by atoms with Gasteiger partial charge in [-0.05, 0) is 57.7 Å². The molecule has 0 spiro atoms. The molecular weight excluding hydrogens is 312 g/mol. The topological polar surface area (TPSA) is 46.5 Å². The van der Waals surface area contributed by atoms with Crippen molar-refractivity contribution in [1.82, 2.24) is 4.98 Å². The van der Waals surface area contributed by atoms with Crippen LogP contribution < -0.4 is 15.1 Å². The molecule has 0 radical (unpaired) electrons. The van der Waals surface area contributed by atoms with Gasteiger partial charge in [0.1, 0.15) is 12.3 Å². The van der Waals surface area contributed by atoms with Crippen molar-refractivity contribution in [1.29, 1.82) is 0 Å². The van der Waals surface area contributed by atoms with Crippen LogP contribution in [0.4, 0.5) is 0 Å². The van der Waals surface area contributed by atoms with Gasteiger partial charge in [0.2, 0.25) is 0 Å². The van der Waals surface area contributed by atoms with E-state index in [0.717, 1.165) is 53.8 Å². The third-order valence-corrected chi connectivity index (χ3v) is 5.54. The summed E-state index contributed by atoms with van der Waals surface area (Å²) in [5.74, 6) is 0.792. The molecule has 0 amide bonds. The number of pyridine rings is 1. The quantitative estimate of drug-likeness (QED) is 0.792. The van der Waals surface area contributed by atoms with E-state index in [4.69, 9.17) is 4.74 Å². The maximum absolute atomic E-state index is 13.1. The molecule has 0 saturated carbocycles. The van der Waals surface area contributed by atoms with Crippen molar-refractivity contribution in [2.24, 2.45) is 0 Å². The third-order valence-electron chi connectivity index (χ3n) is 5.54. The van der Waals surface area contributed by atoms with Gasteiger partial charge in [0, 0.05) is 16.6 Å². The summed E-state index contributed by atoms with van der Waals surface area (Å²) in [6.07, 6.45) is 5.98. The molecular formula is C21H31N2O2+. The Balaban J connectivity index is 1.91. The van der Waals surface area contributed by atoms with Crippen molar-refractivity contribution < 1.29 is 9.64 Å². The Morgan fingerprint density at radius 1 is 1.32 bits per heavy atom. The second-order valence-electron chi connectivity index (χ2n) is 7.45. The minimum absolute atomic E-state index is 0.164. The lowest BCUT2D eigenvalue weighted by atomic mass is 10.0. The highest BCUT2D eigenvalue weighted by Gasteiger charge is 2.24. The van der Waals surface area contributed by atoms with Gasteiger partial charge >= 0.3 is 0 Å². The molecule has 0 bridgehead atoms. The summed E-state index contributed by atoms with van der Waals surface area (Å²) in [6.45, 7) is 9.16. The zero-order valence-corrected chi connectivity index (χ0v) is 15.8. The number of benzene rings is 1. The highest BCUT2D eigenvalue weighted by Crippen LogP contribution is 2.19. The molecule has 2 unspecified atom stereocenters. The lowest BCUT2D eigenvalue weighted by molar-refractivity contribution is -0.942. The van der Waals surface area contributed by atoms with E-state index in [1.807, 2.05) is 25.1 Å². The van der Waals surface area contributed by atoms with Gasteiger partial charge < -0.3 is 14.6 Å². The van der Waals surface area contributed by atoms with Crippen molar-refractivity contribution in [2.75, 3.05) is 13.2 Å². The monoisotopic (exact) mass is 343 g/mol. The number of quaternary nitrogens is 1. The SMILES string of the molecule is CCCCOc1ccc2[nH]c(C)c(C[NH+]3CCCCC3C)c(=O)c2c1. The Morgan fingerprint density at radius 2 is 2.16 bits per heavy atom. The second-order valence-corrected chi connectivity index (χ2v) is 7.45. The van der Waals surface area contributed by atoms with E-state index < -0.39 is 0 Å². The van der Waals surface area contributed by atoms with Crippen LogP contribution in [0.2, 0.25) is 0 Å². The number of aromatic amines is 1. The molecule has 2 atom stereocenters. The van der Waals surface area contributed by atoms with Crippen LogP contribution in [0.3, 0.4) is 0 Å². The maximum atomic E-state index is 13.1. The van der Waals surface area contributed by atoms with Crippen LogP contribution in [0.15, 0.2) is 23.0 Å². The van der Waals surface area contributed by atoms with E-state index in [1.54, 1.807) is 0 Å². The fourth-order valence-electron chi connectivity index (χ4n) is 3.81. The smallest absolute Gasteiger partial charge is 0.198 e. The number of fused-ring (bicyclic) bond motifs is 1.